The quantitative estimate of drug-likeness (QED) is 0.0662. The van der Waals surface area contributed by atoms with E-state index in [0.717, 1.165) is 36.1 Å². The fraction of sp³-hybridized carbons (Fsp3) is 0.511. The molecule has 3 aliphatic carbocycles. The Labute approximate surface area is 342 Å². The van der Waals surface area contributed by atoms with Crippen LogP contribution in [0.3, 0.4) is 0 Å². The standard InChI is InChI=1S/C45H57N3O9Si/c1-11-19-46-36-30-23-29-22-28-21-27(31-18-15-20-48(31)8)24-32(54-42(52)55-43(2,3)4)33(28)37(49)34(29)39(50)45(30,57-58(9,10)44(5,6)7)40(51)35-38(36)56-47-41(35)53-25-26-16-13-12-14-17-26/h11-14,16-17,21,24,29-31,36,46,49H,1,15,18-20,22-23,25H2,2-10H3/t29-,30-,31?,36-,45-/m0/s1. The van der Waals surface area contributed by atoms with Gasteiger partial charge in [-0.1, -0.05) is 63.2 Å². The molecule has 1 saturated carbocycles. The average molecular weight is 812 g/mol. The molecule has 0 bridgehead atoms. The van der Waals surface area contributed by atoms with Crippen LogP contribution in [0.1, 0.15) is 111 Å². The molecular formula is C45H57N3O9Si. The number of carbonyl (C=O) groups is 3. The SMILES string of the molecule is C=CCN[C@@H]1c2onc(OCc3ccccc3)c2C(=O)[C@@]2(O[Si](C)(C)C(C)(C)C)C(=O)C3=C(O)c4c(cc(C5CCCN5C)cc4OC(=O)OC(C)(C)C)C[C@H]3C[C@@H]12. The Kier molecular flexibility index (Phi) is 10.9. The van der Waals surface area contributed by atoms with Crippen LogP contribution >= 0.6 is 0 Å². The van der Waals surface area contributed by atoms with E-state index in [1.54, 1.807) is 32.9 Å². The van der Waals surface area contributed by atoms with E-state index in [2.05, 4.69) is 35.1 Å². The Morgan fingerprint density at radius 3 is 2.47 bits per heavy atom. The van der Waals surface area contributed by atoms with E-state index in [1.165, 1.54) is 0 Å². The highest BCUT2D eigenvalue weighted by atomic mass is 28.4. The summed E-state index contributed by atoms with van der Waals surface area (Å²) < 4.78 is 30.9. The predicted octanol–water partition coefficient (Wildman–Crippen LogP) is 8.84. The first-order chi connectivity index (χ1) is 27.3. The number of carbonyl (C=O) groups excluding carboxylic acids is 3. The lowest BCUT2D eigenvalue weighted by Gasteiger charge is -2.54. The van der Waals surface area contributed by atoms with E-state index in [9.17, 15) is 9.90 Å². The molecule has 3 aromatic rings. The normalized spacial score (nSPS) is 24.8. The summed E-state index contributed by atoms with van der Waals surface area (Å²) in [5.41, 5.74) is -0.0372. The molecule has 7 rings (SSSR count). The summed E-state index contributed by atoms with van der Waals surface area (Å²) in [7, 11) is -0.890. The monoisotopic (exact) mass is 811 g/mol. The molecule has 4 aliphatic rings. The molecule has 2 heterocycles. The van der Waals surface area contributed by atoms with Crippen LogP contribution in [-0.4, -0.2) is 72.5 Å². The van der Waals surface area contributed by atoms with Gasteiger partial charge in [-0.15, -0.1) is 6.58 Å². The van der Waals surface area contributed by atoms with Gasteiger partial charge in [-0.25, -0.2) is 4.79 Å². The first-order valence-corrected chi connectivity index (χ1v) is 23.2. The third-order valence-electron chi connectivity index (χ3n) is 12.6. The van der Waals surface area contributed by atoms with Crippen LogP contribution in [0.4, 0.5) is 4.79 Å². The number of fused-ring (bicyclic) bond motifs is 4. The van der Waals surface area contributed by atoms with Crippen molar-refractivity contribution >= 4 is 31.8 Å². The van der Waals surface area contributed by atoms with Gasteiger partial charge in [-0.2, -0.15) is 0 Å². The molecule has 0 radical (unpaired) electrons. The number of nitrogens with zero attached hydrogens (tertiary/aromatic N) is 2. The zero-order chi connectivity index (χ0) is 41.9. The summed E-state index contributed by atoms with van der Waals surface area (Å²) in [6.45, 7) is 20.7. The number of benzene rings is 2. The fourth-order valence-corrected chi connectivity index (χ4v) is 10.3. The molecule has 1 saturated heterocycles. The maximum Gasteiger partial charge on any atom is 0.514 e. The Morgan fingerprint density at radius 1 is 1.10 bits per heavy atom. The fourth-order valence-electron chi connectivity index (χ4n) is 8.84. The highest BCUT2D eigenvalue weighted by molar-refractivity contribution is 6.74. The Hall–Kier alpha value is -4.56. The number of aromatic nitrogens is 1. The number of ether oxygens (including phenoxy) is 3. The highest BCUT2D eigenvalue weighted by Gasteiger charge is 2.68. The molecule has 2 aromatic carbocycles. The lowest BCUT2D eigenvalue weighted by atomic mass is 9.57. The van der Waals surface area contributed by atoms with E-state index < -0.39 is 60.2 Å². The van der Waals surface area contributed by atoms with Gasteiger partial charge < -0.3 is 33.6 Å². The Balaban J connectivity index is 1.41. The van der Waals surface area contributed by atoms with Crippen molar-refractivity contribution in [3.8, 4) is 11.6 Å². The van der Waals surface area contributed by atoms with Gasteiger partial charge in [0.05, 0.1) is 11.6 Å². The Morgan fingerprint density at radius 2 is 1.83 bits per heavy atom. The largest absolute Gasteiger partial charge is 0.514 e. The number of hydrogen-bond donors (Lipinski definition) is 2. The molecule has 310 valence electrons. The molecule has 13 heteroatoms. The zero-order valence-electron chi connectivity index (χ0n) is 35.2. The molecule has 2 N–H and O–H groups in total. The Bertz CT molecular complexity index is 2150. The van der Waals surface area contributed by atoms with Crippen molar-refractivity contribution in [2.24, 2.45) is 11.8 Å². The first kappa shape index (κ1) is 41.6. The average Bonchev–Trinajstić information content (AvgIpc) is 3.76. The molecule has 1 aliphatic heterocycles. The second-order valence-electron chi connectivity index (χ2n) is 18.7. The summed E-state index contributed by atoms with van der Waals surface area (Å²) in [5.74, 6) is -2.51. The summed E-state index contributed by atoms with van der Waals surface area (Å²) in [6, 6.07) is 12.7. The minimum Gasteiger partial charge on any atom is -0.507 e. The number of hydrogen-bond acceptors (Lipinski definition) is 12. The van der Waals surface area contributed by atoms with E-state index in [-0.39, 0.29) is 58.9 Å². The van der Waals surface area contributed by atoms with Crippen LogP contribution in [0.5, 0.6) is 11.6 Å². The van der Waals surface area contributed by atoms with E-state index in [1.807, 2.05) is 64.2 Å². The molecular weight excluding hydrogens is 755 g/mol. The zero-order valence-corrected chi connectivity index (χ0v) is 36.2. The van der Waals surface area contributed by atoms with Gasteiger partial charge in [-0.3, -0.25) is 14.5 Å². The second-order valence-corrected chi connectivity index (χ2v) is 23.4. The molecule has 2 fully saturated rings. The molecule has 5 atom stereocenters. The predicted molar refractivity (Wildman–Crippen MR) is 221 cm³/mol. The van der Waals surface area contributed by atoms with Gasteiger partial charge in [0.2, 0.25) is 11.6 Å². The van der Waals surface area contributed by atoms with Gasteiger partial charge in [-0.05, 0) is 112 Å². The second kappa shape index (κ2) is 15.2. The van der Waals surface area contributed by atoms with Crippen molar-refractivity contribution in [1.29, 1.82) is 0 Å². The van der Waals surface area contributed by atoms with Crippen LogP contribution in [0.2, 0.25) is 18.1 Å². The first-order valence-electron chi connectivity index (χ1n) is 20.3. The van der Waals surface area contributed by atoms with Gasteiger partial charge in [0.1, 0.15) is 29.3 Å². The number of Topliss-reactive ketones (excluding diaryl/α,β-unsaturated/α-hetero) is 2. The van der Waals surface area contributed by atoms with Gasteiger partial charge >= 0.3 is 6.16 Å². The minimum absolute atomic E-state index is 0.0366. The highest BCUT2D eigenvalue weighted by Crippen LogP contribution is 2.58. The summed E-state index contributed by atoms with van der Waals surface area (Å²) in [4.78, 5) is 46.9. The molecule has 0 spiro atoms. The summed E-state index contributed by atoms with van der Waals surface area (Å²) in [6.07, 6.45) is 3.35. The van der Waals surface area contributed by atoms with E-state index in [0.29, 0.717) is 13.0 Å². The number of ketones is 2. The number of aliphatic hydroxyl groups is 1. The number of aliphatic hydroxyl groups excluding tert-OH is 1. The maximum absolute atomic E-state index is 15.8. The van der Waals surface area contributed by atoms with Gasteiger partial charge in [0.15, 0.2) is 19.7 Å². The molecule has 58 heavy (non-hydrogen) atoms. The third-order valence-corrected chi connectivity index (χ3v) is 17.0. The van der Waals surface area contributed by atoms with Crippen LogP contribution in [0, 0.1) is 11.8 Å². The van der Waals surface area contributed by atoms with Crippen molar-refractivity contribution in [3.05, 3.63) is 94.3 Å². The smallest absolute Gasteiger partial charge is 0.507 e. The van der Waals surface area contributed by atoms with Crippen molar-refractivity contribution in [2.75, 3.05) is 20.1 Å². The molecule has 1 unspecified atom stereocenters. The van der Waals surface area contributed by atoms with E-state index >= 15 is 9.59 Å². The summed E-state index contributed by atoms with van der Waals surface area (Å²) >= 11 is 0. The van der Waals surface area contributed by atoms with Crippen LogP contribution in [-0.2, 0) is 27.0 Å². The molecule has 12 nitrogen and oxygen atoms in total. The van der Waals surface area contributed by atoms with Crippen molar-refractivity contribution < 1.29 is 42.6 Å². The lowest BCUT2D eigenvalue weighted by molar-refractivity contribution is -0.138. The topological polar surface area (TPSA) is 150 Å². The van der Waals surface area contributed by atoms with Gasteiger partial charge in [0, 0.05) is 24.1 Å². The van der Waals surface area contributed by atoms with Crippen LogP contribution in [0.15, 0.2) is 65.2 Å². The number of nitrogens with one attached hydrogen (secondary N) is 1. The number of rotatable bonds is 10. The maximum atomic E-state index is 15.8. The van der Waals surface area contributed by atoms with Crippen molar-refractivity contribution in [2.45, 2.75) is 115 Å². The minimum atomic E-state index is -2.95. The summed E-state index contributed by atoms with van der Waals surface area (Å²) in [5, 5.41) is 19.9. The van der Waals surface area contributed by atoms with Crippen molar-refractivity contribution in [1.82, 2.24) is 15.4 Å². The lowest BCUT2D eigenvalue weighted by Crippen LogP contribution is -2.68. The van der Waals surface area contributed by atoms with E-state index in [4.69, 9.17) is 23.2 Å². The van der Waals surface area contributed by atoms with Crippen LogP contribution in [0.25, 0.3) is 5.76 Å². The van der Waals surface area contributed by atoms with Crippen molar-refractivity contribution in [3.63, 3.8) is 0 Å². The number of likely N-dealkylation sites (tertiary alicyclic amines) is 1. The van der Waals surface area contributed by atoms with Gasteiger partial charge in [0.25, 0.3) is 5.88 Å². The third kappa shape index (κ3) is 7.35. The molecule has 0 amide bonds. The molecule has 1 aromatic heterocycles. The van der Waals surface area contributed by atoms with Crippen LogP contribution < -0.4 is 14.8 Å².